The molecule has 0 unspecified atom stereocenters. The number of hydrogen-bond acceptors (Lipinski definition) is 3. The lowest BCUT2D eigenvalue weighted by molar-refractivity contribution is -0.148. The third kappa shape index (κ3) is 6.08. The van der Waals surface area contributed by atoms with Crippen LogP contribution in [0.1, 0.15) is 26.3 Å². The van der Waals surface area contributed by atoms with Crippen molar-refractivity contribution >= 4 is 17.6 Å². The van der Waals surface area contributed by atoms with Crippen LogP contribution in [-0.4, -0.2) is 18.0 Å². The lowest BCUT2D eigenvalue weighted by Crippen LogP contribution is -2.29. The highest BCUT2D eigenvalue weighted by atomic mass is 16.5. The molecule has 0 saturated heterocycles. The van der Waals surface area contributed by atoms with Crippen molar-refractivity contribution in [3.05, 3.63) is 54.1 Å². The summed E-state index contributed by atoms with van der Waals surface area (Å²) in [4.78, 5) is 23.4. The zero-order chi connectivity index (χ0) is 15.7. The maximum absolute atomic E-state index is 11.9. The predicted octanol–water partition coefficient (Wildman–Crippen LogP) is 3.25. The van der Waals surface area contributed by atoms with Crippen LogP contribution in [0.2, 0.25) is 0 Å². The first kappa shape index (κ1) is 16.7. The number of hydrogen-bond donors (Lipinski definition) is 1. The predicted molar refractivity (Wildman–Crippen MR) is 84.0 cm³/mol. The van der Waals surface area contributed by atoms with E-state index in [1.807, 2.05) is 31.2 Å². The molecule has 1 aromatic rings. The molecule has 1 atom stereocenters. The molecule has 0 aliphatic carbocycles. The molecule has 4 nitrogen and oxygen atoms in total. The Balaban J connectivity index is 2.51. The van der Waals surface area contributed by atoms with Crippen LogP contribution in [-0.2, 0) is 20.7 Å². The molecular formula is C17H21NO3. The van der Waals surface area contributed by atoms with Gasteiger partial charge in [0.2, 0.25) is 0 Å². The summed E-state index contributed by atoms with van der Waals surface area (Å²) in [5.41, 5.74) is 1.88. The van der Waals surface area contributed by atoms with Crippen LogP contribution in [0.5, 0.6) is 0 Å². The highest BCUT2D eigenvalue weighted by Crippen LogP contribution is 2.10. The monoisotopic (exact) mass is 287 g/mol. The van der Waals surface area contributed by atoms with Crippen molar-refractivity contribution in [2.24, 2.45) is 0 Å². The molecule has 0 aromatic heterocycles. The molecule has 1 aromatic carbocycles. The van der Waals surface area contributed by atoms with E-state index >= 15 is 0 Å². The van der Waals surface area contributed by atoms with Crippen LogP contribution >= 0.6 is 0 Å². The normalized spacial score (nSPS) is 12.5. The SMILES string of the molecule is C/C=C/C=C/C(=O)O[C@@H](C)C(=O)Nc1ccc(CC)cc1. The van der Waals surface area contributed by atoms with Gasteiger partial charge in [-0.3, -0.25) is 4.79 Å². The van der Waals surface area contributed by atoms with E-state index in [1.54, 1.807) is 18.2 Å². The summed E-state index contributed by atoms with van der Waals surface area (Å²) in [6.45, 7) is 5.45. The first-order valence-corrected chi connectivity index (χ1v) is 6.96. The molecule has 0 fully saturated rings. The first-order chi connectivity index (χ1) is 10.1. The minimum atomic E-state index is -0.849. The minimum absolute atomic E-state index is 0.355. The number of carbonyl (C=O) groups excluding carboxylic acids is 2. The first-order valence-electron chi connectivity index (χ1n) is 6.96. The number of ether oxygens (including phenoxy) is 1. The van der Waals surface area contributed by atoms with E-state index in [9.17, 15) is 9.59 Å². The standard InChI is InChI=1S/C17H21NO3/c1-4-6-7-8-16(19)21-13(3)17(20)18-15-11-9-14(5-2)10-12-15/h4,6-13H,5H2,1-3H3,(H,18,20)/b6-4+,8-7+/t13-/m0/s1. The van der Waals surface area contributed by atoms with Crippen LogP contribution < -0.4 is 5.32 Å². The molecule has 0 spiro atoms. The molecule has 1 amide bonds. The largest absolute Gasteiger partial charge is 0.449 e. The lowest BCUT2D eigenvalue weighted by atomic mass is 10.1. The van der Waals surface area contributed by atoms with E-state index in [4.69, 9.17) is 4.74 Å². The Morgan fingerprint density at radius 3 is 2.48 bits per heavy atom. The fourth-order valence-corrected chi connectivity index (χ4v) is 1.58. The van der Waals surface area contributed by atoms with Gasteiger partial charge in [-0.2, -0.15) is 0 Å². The topological polar surface area (TPSA) is 55.4 Å². The van der Waals surface area contributed by atoms with Gasteiger partial charge in [0, 0.05) is 11.8 Å². The molecule has 0 heterocycles. The van der Waals surface area contributed by atoms with Crippen molar-refractivity contribution in [1.82, 2.24) is 0 Å². The lowest BCUT2D eigenvalue weighted by Gasteiger charge is -2.12. The van der Waals surface area contributed by atoms with Crippen molar-refractivity contribution in [3.8, 4) is 0 Å². The number of amides is 1. The van der Waals surface area contributed by atoms with Crippen LogP contribution in [0.4, 0.5) is 5.69 Å². The molecule has 0 saturated carbocycles. The zero-order valence-corrected chi connectivity index (χ0v) is 12.6. The van der Waals surface area contributed by atoms with E-state index in [-0.39, 0.29) is 5.91 Å². The number of aryl methyl sites for hydroxylation is 1. The number of benzene rings is 1. The Hall–Kier alpha value is -2.36. The molecular weight excluding hydrogens is 266 g/mol. The van der Waals surface area contributed by atoms with E-state index in [1.165, 1.54) is 18.6 Å². The van der Waals surface area contributed by atoms with E-state index in [0.29, 0.717) is 5.69 Å². The zero-order valence-electron chi connectivity index (χ0n) is 12.6. The number of nitrogens with one attached hydrogen (secondary N) is 1. The van der Waals surface area contributed by atoms with Gasteiger partial charge in [0.25, 0.3) is 5.91 Å². The molecule has 4 heteroatoms. The Kier molecular flexibility index (Phi) is 6.95. The van der Waals surface area contributed by atoms with Crippen LogP contribution in [0.25, 0.3) is 0 Å². The van der Waals surface area contributed by atoms with Crippen molar-refractivity contribution in [1.29, 1.82) is 0 Å². The van der Waals surface area contributed by atoms with Gasteiger partial charge >= 0.3 is 5.97 Å². The smallest absolute Gasteiger partial charge is 0.331 e. The minimum Gasteiger partial charge on any atom is -0.449 e. The van der Waals surface area contributed by atoms with Gasteiger partial charge in [0.05, 0.1) is 0 Å². The Morgan fingerprint density at radius 2 is 1.90 bits per heavy atom. The van der Waals surface area contributed by atoms with Crippen LogP contribution in [0, 0.1) is 0 Å². The van der Waals surface area contributed by atoms with Gasteiger partial charge in [-0.25, -0.2) is 4.79 Å². The maximum Gasteiger partial charge on any atom is 0.331 e. The molecule has 1 rings (SSSR count). The summed E-state index contributed by atoms with van der Waals surface area (Å²) in [7, 11) is 0. The molecule has 0 aliphatic rings. The van der Waals surface area contributed by atoms with Crippen molar-refractivity contribution < 1.29 is 14.3 Å². The van der Waals surface area contributed by atoms with E-state index in [0.717, 1.165) is 6.42 Å². The molecule has 112 valence electrons. The molecule has 21 heavy (non-hydrogen) atoms. The Labute approximate surface area is 125 Å². The quantitative estimate of drug-likeness (QED) is 0.496. The molecule has 0 bridgehead atoms. The summed E-state index contributed by atoms with van der Waals surface area (Å²) in [5, 5.41) is 2.71. The third-order valence-corrected chi connectivity index (χ3v) is 2.83. The fourth-order valence-electron chi connectivity index (χ4n) is 1.58. The van der Waals surface area contributed by atoms with Crippen molar-refractivity contribution in [2.45, 2.75) is 33.3 Å². The van der Waals surface area contributed by atoms with Crippen LogP contribution in [0.3, 0.4) is 0 Å². The highest BCUT2D eigenvalue weighted by molar-refractivity contribution is 5.95. The highest BCUT2D eigenvalue weighted by Gasteiger charge is 2.16. The van der Waals surface area contributed by atoms with Gasteiger partial charge in [-0.1, -0.05) is 37.3 Å². The van der Waals surface area contributed by atoms with E-state index in [2.05, 4.69) is 12.2 Å². The van der Waals surface area contributed by atoms with Crippen molar-refractivity contribution in [3.63, 3.8) is 0 Å². The number of anilines is 1. The second kappa shape index (κ2) is 8.74. The molecule has 0 radical (unpaired) electrons. The van der Waals surface area contributed by atoms with Gasteiger partial charge in [0.1, 0.15) is 0 Å². The number of allylic oxidation sites excluding steroid dienone is 3. The second-order valence-corrected chi connectivity index (χ2v) is 4.50. The van der Waals surface area contributed by atoms with Gasteiger partial charge in [0.15, 0.2) is 6.10 Å². The second-order valence-electron chi connectivity index (χ2n) is 4.50. The van der Waals surface area contributed by atoms with Crippen molar-refractivity contribution in [2.75, 3.05) is 5.32 Å². The average molecular weight is 287 g/mol. The molecule has 1 N–H and O–H groups in total. The molecule has 0 aliphatic heterocycles. The Bertz CT molecular complexity index is 529. The summed E-state index contributed by atoms with van der Waals surface area (Å²) in [6, 6.07) is 7.56. The summed E-state index contributed by atoms with van der Waals surface area (Å²) in [5.74, 6) is -0.899. The third-order valence-electron chi connectivity index (χ3n) is 2.83. The van der Waals surface area contributed by atoms with Gasteiger partial charge in [-0.05, 0) is 38.0 Å². The number of esters is 1. The number of rotatable bonds is 6. The maximum atomic E-state index is 11.9. The van der Waals surface area contributed by atoms with Gasteiger partial charge < -0.3 is 10.1 Å². The summed E-state index contributed by atoms with van der Waals surface area (Å²) < 4.78 is 5.00. The van der Waals surface area contributed by atoms with Gasteiger partial charge in [-0.15, -0.1) is 0 Å². The van der Waals surface area contributed by atoms with Crippen LogP contribution in [0.15, 0.2) is 48.6 Å². The summed E-state index contributed by atoms with van der Waals surface area (Å²) in [6.07, 6.45) is 6.44. The summed E-state index contributed by atoms with van der Waals surface area (Å²) >= 11 is 0. The Morgan fingerprint density at radius 1 is 1.24 bits per heavy atom. The fraction of sp³-hybridized carbons (Fsp3) is 0.294. The average Bonchev–Trinajstić information content (AvgIpc) is 2.48. The number of carbonyl (C=O) groups is 2. The van der Waals surface area contributed by atoms with E-state index < -0.39 is 12.1 Å².